The molecule has 1 aromatic rings. The lowest BCUT2D eigenvalue weighted by atomic mass is 10.1. The number of hydrogen-bond acceptors (Lipinski definition) is 4. The van der Waals surface area contributed by atoms with Crippen molar-refractivity contribution in [1.82, 2.24) is 9.78 Å². The van der Waals surface area contributed by atoms with Gasteiger partial charge in [0.25, 0.3) is 5.56 Å². The van der Waals surface area contributed by atoms with Crippen molar-refractivity contribution in [1.29, 1.82) is 0 Å². The highest BCUT2D eigenvalue weighted by Gasteiger charge is 2.40. The molecule has 2 rings (SSSR count). The number of alkyl halides is 3. The normalized spacial score (nSPS) is 18.0. The van der Waals surface area contributed by atoms with E-state index in [1.807, 2.05) is 0 Å². The summed E-state index contributed by atoms with van der Waals surface area (Å²) >= 11 is 5.72. The molecule has 112 valence electrons. The van der Waals surface area contributed by atoms with E-state index in [4.69, 9.17) is 16.3 Å². The largest absolute Gasteiger partial charge is 0.410 e. The lowest BCUT2D eigenvalue weighted by Gasteiger charge is -2.39. The Morgan fingerprint density at radius 2 is 2.10 bits per heavy atom. The standard InChI is InChI=1S/C11H13ClF3N3O2/c1-6(11(13,14)15)18-10(19)8(3-9(12)16-18)17-4-7(5-17)20-2/h3,6-7H,4-5H2,1-2H3. The molecule has 9 heteroatoms. The first-order valence-electron chi connectivity index (χ1n) is 5.88. The highest BCUT2D eigenvalue weighted by atomic mass is 35.5. The van der Waals surface area contributed by atoms with E-state index < -0.39 is 17.8 Å². The lowest BCUT2D eigenvalue weighted by Crippen LogP contribution is -2.54. The third kappa shape index (κ3) is 2.76. The Morgan fingerprint density at radius 1 is 1.50 bits per heavy atom. The van der Waals surface area contributed by atoms with Gasteiger partial charge in [0.2, 0.25) is 0 Å². The number of methoxy groups -OCH3 is 1. The van der Waals surface area contributed by atoms with E-state index in [9.17, 15) is 18.0 Å². The van der Waals surface area contributed by atoms with Crippen molar-refractivity contribution in [3.63, 3.8) is 0 Å². The summed E-state index contributed by atoms with van der Waals surface area (Å²) in [5.41, 5.74) is -0.705. The fourth-order valence-corrected chi connectivity index (χ4v) is 2.07. The van der Waals surface area contributed by atoms with Crippen molar-refractivity contribution in [2.75, 3.05) is 25.1 Å². The monoisotopic (exact) mass is 311 g/mol. The summed E-state index contributed by atoms with van der Waals surface area (Å²) in [6.07, 6.45) is -4.60. The molecule has 1 atom stereocenters. The van der Waals surface area contributed by atoms with E-state index in [1.54, 1.807) is 4.90 Å². The van der Waals surface area contributed by atoms with E-state index in [0.717, 1.165) is 6.92 Å². The molecule has 1 fully saturated rings. The molecule has 0 N–H and O–H groups in total. The molecule has 1 saturated heterocycles. The Hall–Kier alpha value is -1.28. The summed E-state index contributed by atoms with van der Waals surface area (Å²) in [5.74, 6) is 0. The first-order valence-corrected chi connectivity index (χ1v) is 6.25. The molecule has 5 nitrogen and oxygen atoms in total. The second-order valence-corrected chi connectivity index (χ2v) is 4.97. The maximum atomic E-state index is 12.7. The van der Waals surface area contributed by atoms with Crippen molar-refractivity contribution in [3.8, 4) is 0 Å². The number of nitrogens with zero attached hydrogens (tertiary/aromatic N) is 3. The van der Waals surface area contributed by atoms with Crippen LogP contribution in [0.5, 0.6) is 0 Å². The molecule has 1 unspecified atom stereocenters. The Balaban J connectivity index is 2.36. The highest BCUT2D eigenvalue weighted by Crippen LogP contribution is 2.29. The van der Waals surface area contributed by atoms with Gasteiger partial charge in [0.1, 0.15) is 11.7 Å². The van der Waals surface area contributed by atoms with Gasteiger partial charge in [-0.1, -0.05) is 11.6 Å². The highest BCUT2D eigenvalue weighted by molar-refractivity contribution is 6.29. The van der Waals surface area contributed by atoms with Gasteiger partial charge in [0.15, 0.2) is 5.15 Å². The average molecular weight is 312 g/mol. The SMILES string of the molecule is COC1CN(c2cc(Cl)nn(C(C)C(F)(F)F)c2=O)C1. The van der Waals surface area contributed by atoms with E-state index in [2.05, 4.69) is 5.10 Å². The van der Waals surface area contributed by atoms with Crippen molar-refractivity contribution >= 4 is 17.3 Å². The maximum absolute atomic E-state index is 12.7. The molecule has 1 aliphatic heterocycles. The number of halogens is 4. The molecule has 0 amide bonds. The van der Waals surface area contributed by atoms with Crippen molar-refractivity contribution in [3.05, 3.63) is 21.6 Å². The zero-order chi connectivity index (χ0) is 15.1. The van der Waals surface area contributed by atoms with Crippen LogP contribution in [0.4, 0.5) is 18.9 Å². The molecular weight excluding hydrogens is 299 g/mol. The number of ether oxygens (including phenoxy) is 1. The van der Waals surface area contributed by atoms with Crippen molar-refractivity contribution in [2.24, 2.45) is 0 Å². The summed E-state index contributed by atoms with van der Waals surface area (Å²) in [6, 6.07) is -0.762. The minimum absolute atomic E-state index is 0.0326. The van der Waals surface area contributed by atoms with E-state index >= 15 is 0 Å². The van der Waals surface area contributed by atoms with Crippen LogP contribution in [0.2, 0.25) is 5.15 Å². The minimum Gasteiger partial charge on any atom is -0.378 e. The Labute approximate surface area is 117 Å². The Morgan fingerprint density at radius 3 is 2.60 bits per heavy atom. The Bertz CT molecular complexity index is 555. The predicted molar refractivity (Wildman–Crippen MR) is 67.3 cm³/mol. The van der Waals surface area contributed by atoms with Gasteiger partial charge >= 0.3 is 6.18 Å². The summed E-state index contributed by atoms with van der Waals surface area (Å²) in [6.45, 7) is 1.74. The van der Waals surface area contributed by atoms with Crippen LogP contribution in [0.25, 0.3) is 0 Å². The zero-order valence-electron chi connectivity index (χ0n) is 10.8. The third-order valence-corrected chi connectivity index (χ3v) is 3.43. The van der Waals surface area contributed by atoms with Crippen LogP contribution in [0.1, 0.15) is 13.0 Å². The van der Waals surface area contributed by atoms with E-state index in [0.29, 0.717) is 17.8 Å². The number of aromatic nitrogens is 2. The minimum atomic E-state index is -4.57. The third-order valence-electron chi connectivity index (χ3n) is 3.25. The van der Waals surface area contributed by atoms with Gasteiger partial charge in [-0.15, -0.1) is 0 Å². The maximum Gasteiger partial charge on any atom is 0.410 e. The number of hydrogen-bond donors (Lipinski definition) is 0. The van der Waals surface area contributed by atoms with Gasteiger partial charge in [-0.25, -0.2) is 4.68 Å². The number of rotatable bonds is 3. The van der Waals surface area contributed by atoms with Crippen LogP contribution >= 0.6 is 11.6 Å². The molecular formula is C11H13ClF3N3O2. The van der Waals surface area contributed by atoms with Crippen LogP contribution in [-0.4, -0.2) is 42.3 Å². The summed E-state index contributed by atoms with van der Waals surface area (Å²) in [5, 5.41) is 3.32. The molecule has 20 heavy (non-hydrogen) atoms. The second kappa shape index (κ2) is 5.25. The summed E-state index contributed by atoms with van der Waals surface area (Å²) < 4.78 is 43.6. The van der Waals surface area contributed by atoms with Crippen LogP contribution < -0.4 is 10.5 Å². The van der Waals surface area contributed by atoms with Gasteiger partial charge < -0.3 is 9.64 Å². The van der Waals surface area contributed by atoms with Crippen molar-refractivity contribution < 1.29 is 17.9 Å². The van der Waals surface area contributed by atoms with E-state index in [-0.39, 0.29) is 16.9 Å². The molecule has 0 aliphatic carbocycles. The molecule has 2 heterocycles. The topological polar surface area (TPSA) is 47.4 Å². The van der Waals surface area contributed by atoms with Gasteiger partial charge in [-0.2, -0.15) is 18.3 Å². The molecule has 1 aliphatic rings. The zero-order valence-corrected chi connectivity index (χ0v) is 11.6. The second-order valence-electron chi connectivity index (χ2n) is 4.58. The molecule has 0 radical (unpaired) electrons. The van der Waals surface area contributed by atoms with Crippen molar-refractivity contribution in [2.45, 2.75) is 25.2 Å². The van der Waals surface area contributed by atoms with Gasteiger partial charge in [-0.05, 0) is 6.92 Å². The average Bonchev–Trinajstić information content (AvgIpc) is 2.29. The molecule has 0 spiro atoms. The van der Waals surface area contributed by atoms with Crippen LogP contribution in [0.3, 0.4) is 0 Å². The fourth-order valence-electron chi connectivity index (χ4n) is 1.88. The van der Waals surface area contributed by atoms with Crippen LogP contribution in [0, 0.1) is 0 Å². The summed E-state index contributed by atoms with van der Waals surface area (Å²) in [4.78, 5) is 13.7. The smallest absolute Gasteiger partial charge is 0.378 e. The first-order chi connectivity index (χ1) is 9.24. The van der Waals surface area contributed by atoms with Crippen LogP contribution in [0.15, 0.2) is 10.9 Å². The molecule has 1 aromatic heterocycles. The molecule has 0 saturated carbocycles. The quantitative estimate of drug-likeness (QED) is 0.855. The Kier molecular flexibility index (Phi) is 3.97. The fraction of sp³-hybridized carbons (Fsp3) is 0.636. The van der Waals surface area contributed by atoms with Gasteiger partial charge in [-0.3, -0.25) is 4.79 Å². The first kappa shape index (κ1) is 15.1. The predicted octanol–water partition coefficient (Wildman–Crippen LogP) is 1.85. The molecule has 0 aromatic carbocycles. The van der Waals surface area contributed by atoms with E-state index in [1.165, 1.54) is 13.2 Å². The summed E-state index contributed by atoms with van der Waals surface area (Å²) in [7, 11) is 1.53. The molecule has 0 bridgehead atoms. The lowest BCUT2D eigenvalue weighted by molar-refractivity contribution is -0.166. The van der Waals surface area contributed by atoms with Crippen LogP contribution in [-0.2, 0) is 4.74 Å². The van der Waals surface area contributed by atoms with Gasteiger partial charge in [0, 0.05) is 26.3 Å². The number of anilines is 1. The van der Waals surface area contributed by atoms with Gasteiger partial charge in [0.05, 0.1) is 6.10 Å².